The van der Waals surface area contributed by atoms with Crippen molar-refractivity contribution < 1.29 is 0 Å². The first-order valence-electron chi connectivity index (χ1n) is 9.80. The normalized spacial score (nSPS) is 11.6. The third kappa shape index (κ3) is 3.09. The van der Waals surface area contributed by atoms with Crippen molar-refractivity contribution in [1.82, 2.24) is 0 Å². The number of hydrogen-bond donors (Lipinski definition) is 0. The maximum Gasteiger partial charge on any atom is 0.197 e. The van der Waals surface area contributed by atoms with Gasteiger partial charge >= 0.3 is 0 Å². The van der Waals surface area contributed by atoms with Gasteiger partial charge < -0.3 is 0 Å². The minimum Gasteiger partial charge on any atom is -0.115 e. The summed E-state index contributed by atoms with van der Waals surface area (Å²) in [6.07, 6.45) is 6.51. The van der Waals surface area contributed by atoms with Crippen molar-refractivity contribution in [3.8, 4) is 12.3 Å². The summed E-state index contributed by atoms with van der Waals surface area (Å²) in [6.45, 7) is 2.39. The summed E-state index contributed by atoms with van der Waals surface area (Å²) in [6, 6.07) is 42.7. The van der Waals surface area contributed by atoms with Gasteiger partial charge in [0.05, 0.1) is 6.66 Å². The Bertz CT molecular complexity index is 1020. The Morgan fingerprint density at radius 3 is 1.17 bits per heavy atom. The SMILES string of the molecule is C#CC(c1ccccc1)(c1ccccc1)[P+](C)(c1ccccc1)c1ccccc1. The lowest BCUT2D eigenvalue weighted by molar-refractivity contribution is 0.954. The van der Waals surface area contributed by atoms with Crippen molar-refractivity contribution in [2.45, 2.75) is 5.16 Å². The number of benzene rings is 4. The minimum absolute atomic E-state index is 0.571. The van der Waals surface area contributed by atoms with Crippen LogP contribution < -0.4 is 10.6 Å². The zero-order valence-electron chi connectivity index (χ0n) is 16.6. The largest absolute Gasteiger partial charge is 0.197 e. The molecule has 0 aliphatic carbocycles. The fourth-order valence-electron chi connectivity index (χ4n) is 4.33. The second kappa shape index (κ2) is 8.08. The number of terminal acetylenes is 1. The van der Waals surface area contributed by atoms with Crippen LogP contribution in [-0.2, 0) is 5.16 Å². The molecular weight excluding hydrogens is 367 g/mol. The summed E-state index contributed by atoms with van der Waals surface area (Å²) in [5.74, 6) is 3.34. The van der Waals surface area contributed by atoms with Gasteiger partial charge in [-0.15, -0.1) is 6.42 Å². The third-order valence-electron chi connectivity index (χ3n) is 5.81. The lowest BCUT2D eigenvalue weighted by Gasteiger charge is -2.40. The molecule has 0 bridgehead atoms. The standard InChI is InChI=1S/C28H24P/c1-3-28(24-16-8-4-9-17-24,25-18-10-5-11-19-25)29(2,26-20-12-6-13-21-26)27-22-14-7-15-23-27/h1,4-23H,2H3/q+1. The highest BCUT2D eigenvalue weighted by molar-refractivity contribution is 7.90. The Morgan fingerprint density at radius 2 is 0.862 bits per heavy atom. The molecule has 4 rings (SSSR count). The third-order valence-corrected chi connectivity index (χ3v) is 10.5. The summed E-state index contributed by atoms with van der Waals surface area (Å²) < 4.78 is 0. The molecule has 0 amide bonds. The van der Waals surface area contributed by atoms with Gasteiger partial charge in [-0.1, -0.05) is 97.1 Å². The summed E-state index contributed by atoms with van der Waals surface area (Å²) in [5.41, 5.74) is 2.33. The van der Waals surface area contributed by atoms with Gasteiger partial charge in [-0.3, -0.25) is 0 Å². The van der Waals surface area contributed by atoms with Gasteiger partial charge in [0, 0.05) is 11.1 Å². The molecule has 0 spiro atoms. The first-order valence-corrected chi connectivity index (χ1v) is 12.0. The summed E-state index contributed by atoms with van der Waals surface area (Å²) in [5, 5.41) is 2.03. The molecule has 29 heavy (non-hydrogen) atoms. The van der Waals surface area contributed by atoms with E-state index in [1.165, 1.54) is 10.6 Å². The molecule has 0 saturated heterocycles. The van der Waals surface area contributed by atoms with Crippen LogP contribution in [0.3, 0.4) is 0 Å². The summed E-state index contributed by atoms with van der Waals surface area (Å²) >= 11 is 0. The lowest BCUT2D eigenvalue weighted by Crippen LogP contribution is -2.40. The molecule has 4 aromatic rings. The van der Waals surface area contributed by atoms with Gasteiger partial charge in [-0.25, -0.2) is 0 Å². The highest BCUT2D eigenvalue weighted by Crippen LogP contribution is 2.70. The maximum atomic E-state index is 6.51. The van der Waals surface area contributed by atoms with E-state index in [0.717, 1.165) is 11.1 Å². The Balaban J connectivity index is 2.15. The zero-order valence-corrected chi connectivity index (χ0v) is 17.5. The lowest BCUT2D eigenvalue weighted by atomic mass is 9.91. The van der Waals surface area contributed by atoms with Crippen molar-refractivity contribution in [1.29, 1.82) is 0 Å². The van der Waals surface area contributed by atoms with Gasteiger partial charge in [0.1, 0.15) is 17.9 Å². The molecule has 0 aromatic heterocycles. The van der Waals surface area contributed by atoms with E-state index in [9.17, 15) is 0 Å². The van der Waals surface area contributed by atoms with E-state index in [-0.39, 0.29) is 0 Å². The molecule has 0 saturated carbocycles. The molecule has 0 aliphatic heterocycles. The molecule has 4 aromatic carbocycles. The average Bonchev–Trinajstić information content (AvgIpc) is 2.82. The van der Waals surface area contributed by atoms with Crippen LogP contribution in [0.4, 0.5) is 0 Å². The fraction of sp³-hybridized carbons (Fsp3) is 0.0714. The molecule has 0 nitrogen and oxygen atoms in total. The molecule has 0 heterocycles. The molecule has 0 N–H and O–H groups in total. The van der Waals surface area contributed by atoms with E-state index in [4.69, 9.17) is 6.42 Å². The van der Waals surface area contributed by atoms with Gasteiger partial charge in [0.2, 0.25) is 0 Å². The Labute approximate surface area is 174 Å². The Kier molecular flexibility index (Phi) is 5.35. The first-order chi connectivity index (χ1) is 14.2. The van der Waals surface area contributed by atoms with E-state index >= 15 is 0 Å². The highest BCUT2D eigenvalue weighted by atomic mass is 31.2. The summed E-state index contributed by atoms with van der Waals surface area (Å²) in [7, 11) is -2.10. The van der Waals surface area contributed by atoms with Crippen molar-refractivity contribution in [2.24, 2.45) is 0 Å². The molecule has 0 atom stereocenters. The van der Waals surface area contributed by atoms with Crippen LogP contribution in [0.2, 0.25) is 0 Å². The van der Waals surface area contributed by atoms with Crippen molar-refractivity contribution >= 4 is 17.9 Å². The van der Waals surface area contributed by atoms with E-state index in [2.05, 4.69) is 134 Å². The zero-order chi connectivity index (χ0) is 20.2. The van der Waals surface area contributed by atoms with Crippen molar-refractivity contribution in [3.63, 3.8) is 0 Å². The molecule has 0 unspecified atom stereocenters. The average molecular weight is 391 g/mol. The highest BCUT2D eigenvalue weighted by Gasteiger charge is 2.59. The van der Waals surface area contributed by atoms with Crippen LogP contribution in [-0.4, -0.2) is 6.66 Å². The van der Waals surface area contributed by atoms with Crippen LogP contribution in [0.15, 0.2) is 121 Å². The topological polar surface area (TPSA) is 0 Å². The monoisotopic (exact) mass is 391 g/mol. The minimum atomic E-state index is -2.10. The molecular formula is C28H24P+. The quantitative estimate of drug-likeness (QED) is 0.295. The van der Waals surface area contributed by atoms with E-state index in [0.29, 0.717) is 0 Å². The number of hydrogen-bond acceptors (Lipinski definition) is 0. The molecule has 0 aliphatic rings. The maximum absolute atomic E-state index is 6.51. The summed E-state index contributed by atoms with van der Waals surface area (Å²) in [4.78, 5) is 0. The molecule has 0 radical (unpaired) electrons. The van der Waals surface area contributed by atoms with Crippen molar-refractivity contribution in [2.75, 3.05) is 6.66 Å². The Morgan fingerprint density at radius 1 is 0.552 bits per heavy atom. The second-order valence-corrected chi connectivity index (χ2v) is 11.0. The van der Waals surface area contributed by atoms with E-state index in [1.54, 1.807) is 0 Å². The number of rotatable bonds is 5. The van der Waals surface area contributed by atoms with Crippen LogP contribution in [0.5, 0.6) is 0 Å². The predicted octanol–water partition coefficient (Wildman–Crippen LogP) is 5.86. The van der Waals surface area contributed by atoms with Gasteiger partial charge in [0.25, 0.3) is 0 Å². The van der Waals surface area contributed by atoms with Gasteiger partial charge in [-0.2, -0.15) is 0 Å². The molecule has 1 heteroatoms. The van der Waals surface area contributed by atoms with Gasteiger partial charge in [0.15, 0.2) is 5.16 Å². The first kappa shape index (κ1) is 19.2. The van der Waals surface area contributed by atoms with E-state index in [1.807, 2.05) is 0 Å². The van der Waals surface area contributed by atoms with Crippen LogP contribution in [0, 0.1) is 12.3 Å². The molecule has 140 valence electrons. The van der Waals surface area contributed by atoms with Crippen LogP contribution >= 0.6 is 7.26 Å². The van der Waals surface area contributed by atoms with Gasteiger partial charge in [-0.05, 0) is 30.2 Å². The second-order valence-electron chi connectivity index (χ2n) is 7.26. The van der Waals surface area contributed by atoms with Crippen LogP contribution in [0.1, 0.15) is 11.1 Å². The Hall–Kier alpha value is -3.13. The fourth-order valence-corrected chi connectivity index (χ4v) is 8.52. The van der Waals surface area contributed by atoms with E-state index < -0.39 is 12.4 Å². The van der Waals surface area contributed by atoms with Crippen molar-refractivity contribution in [3.05, 3.63) is 132 Å². The molecule has 0 fully saturated rings. The predicted molar refractivity (Wildman–Crippen MR) is 127 cm³/mol. The van der Waals surface area contributed by atoms with Crippen LogP contribution in [0.25, 0.3) is 0 Å². The smallest absolute Gasteiger partial charge is 0.115 e.